The van der Waals surface area contributed by atoms with Crippen LogP contribution in [0.5, 0.6) is 0 Å². The van der Waals surface area contributed by atoms with Gasteiger partial charge in [0.25, 0.3) is 0 Å². The highest BCUT2D eigenvalue weighted by molar-refractivity contribution is 5.80. The third-order valence-electron chi connectivity index (χ3n) is 6.50. The van der Waals surface area contributed by atoms with Crippen LogP contribution in [0.3, 0.4) is 0 Å². The molecule has 2 saturated heterocycles. The highest BCUT2D eigenvalue weighted by Crippen LogP contribution is 2.24. The van der Waals surface area contributed by atoms with Gasteiger partial charge in [-0.1, -0.05) is 0 Å². The third kappa shape index (κ3) is 5.59. The lowest BCUT2D eigenvalue weighted by Crippen LogP contribution is -2.49. The molecule has 0 aromatic heterocycles. The molecule has 1 aromatic carbocycles. The van der Waals surface area contributed by atoms with E-state index in [2.05, 4.69) is 20.4 Å². The molecule has 2 heterocycles. The fourth-order valence-electron chi connectivity index (χ4n) is 4.42. The summed E-state index contributed by atoms with van der Waals surface area (Å²) in [6.45, 7) is 3.90. The highest BCUT2D eigenvalue weighted by Gasteiger charge is 2.29. The zero-order chi connectivity index (χ0) is 20.9. The van der Waals surface area contributed by atoms with Crippen molar-refractivity contribution in [2.24, 2.45) is 5.92 Å². The molecule has 4 rings (SSSR count). The summed E-state index contributed by atoms with van der Waals surface area (Å²) in [4.78, 5) is 40.0. The van der Waals surface area contributed by atoms with Crippen LogP contribution < -0.4 is 15.5 Å². The van der Waals surface area contributed by atoms with Gasteiger partial charge >= 0.3 is 0 Å². The van der Waals surface area contributed by atoms with Crippen LogP contribution in [0.25, 0.3) is 0 Å². The van der Waals surface area contributed by atoms with Gasteiger partial charge in [-0.25, -0.2) is 0 Å². The van der Waals surface area contributed by atoms with E-state index in [-0.39, 0.29) is 23.8 Å². The number of rotatable bonds is 7. The van der Waals surface area contributed by atoms with E-state index in [0.717, 1.165) is 76.7 Å². The number of likely N-dealkylation sites (tertiary alicyclic amines) is 1. The number of nitrogens with zero attached hydrogens (tertiary/aromatic N) is 2. The van der Waals surface area contributed by atoms with Crippen LogP contribution in [0.15, 0.2) is 24.3 Å². The summed E-state index contributed by atoms with van der Waals surface area (Å²) in [6.07, 6.45) is 6.60. The molecule has 2 N–H and O–H groups in total. The van der Waals surface area contributed by atoms with E-state index >= 15 is 0 Å². The normalized spacial score (nSPS) is 21.3. The monoisotopic (exact) mass is 412 g/mol. The number of hydrogen-bond donors (Lipinski definition) is 2. The molecular weight excluding hydrogens is 380 g/mol. The summed E-state index contributed by atoms with van der Waals surface area (Å²) in [5, 5.41) is 6.29. The average molecular weight is 413 g/mol. The molecule has 0 radical (unpaired) electrons. The molecular formula is C23H32N4O3. The molecule has 2 amide bonds. The van der Waals surface area contributed by atoms with Crippen molar-refractivity contribution >= 4 is 23.8 Å². The van der Waals surface area contributed by atoms with E-state index < -0.39 is 0 Å². The maximum absolute atomic E-state index is 12.7. The Morgan fingerprint density at radius 2 is 1.50 bits per heavy atom. The van der Waals surface area contributed by atoms with Crippen molar-refractivity contribution in [2.75, 3.05) is 37.6 Å². The Balaban J connectivity index is 1.16. The molecule has 0 spiro atoms. The topological polar surface area (TPSA) is 81.8 Å². The molecule has 0 unspecified atom stereocenters. The number of carbonyl (C=O) groups excluding carboxylic acids is 3. The van der Waals surface area contributed by atoms with Crippen molar-refractivity contribution in [1.29, 1.82) is 0 Å². The molecule has 0 atom stereocenters. The molecule has 1 aromatic rings. The number of aldehydes is 1. The first-order chi connectivity index (χ1) is 14.6. The summed E-state index contributed by atoms with van der Waals surface area (Å²) in [5.74, 6) is 0.376. The van der Waals surface area contributed by atoms with E-state index in [0.29, 0.717) is 18.2 Å². The molecule has 3 fully saturated rings. The summed E-state index contributed by atoms with van der Waals surface area (Å²) in [7, 11) is 0. The lowest BCUT2D eigenvalue weighted by molar-refractivity contribution is -0.127. The van der Waals surface area contributed by atoms with Gasteiger partial charge in [0.15, 0.2) is 0 Å². The molecule has 30 heavy (non-hydrogen) atoms. The lowest BCUT2D eigenvalue weighted by atomic mass is 9.94. The summed E-state index contributed by atoms with van der Waals surface area (Å²) < 4.78 is 0. The molecule has 162 valence electrons. The quantitative estimate of drug-likeness (QED) is 0.665. The maximum atomic E-state index is 12.7. The predicted molar refractivity (Wildman–Crippen MR) is 116 cm³/mol. The number of carbonyl (C=O) groups is 3. The largest absolute Gasteiger partial charge is 0.371 e. The zero-order valence-electron chi connectivity index (χ0n) is 17.5. The van der Waals surface area contributed by atoms with Gasteiger partial charge in [-0.2, -0.15) is 0 Å². The van der Waals surface area contributed by atoms with Gasteiger partial charge in [-0.3, -0.25) is 19.3 Å². The fraction of sp³-hybridized carbons (Fsp3) is 0.609. The van der Waals surface area contributed by atoms with Crippen LogP contribution in [0.1, 0.15) is 48.9 Å². The molecule has 0 bridgehead atoms. The Morgan fingerprint density at radius 1 is 0.867 bits per heavy atom. The Kier molecular flexibility index (Phi) is 6.67. The fourth-order valence-corrected chi connectivity index (χ4v) is 4.42. The molecule has 1 saturated carbocycles. The second-order valence-electron chi connectivity index (χ2n) is 8.87. The Hall–Kier alpha value is -2.41. The van der Waals surface area contributed by atoms with Crippen LogP contribution in [0.4, 0.5) is 5.69 Å². The Bertz CT molecular complexity index is 746. The van der Waals surface area contributed by atoms with Gasteiger partial charge in [0.05, 0.1) is 6.54 Å². The first kappa shape index (κ1) is 20.8. The molecule has 7 heteroatoms. The SMILES string of the molecule is O=Cc1ccc(N2CCC(C(=O)NC3CCN(CC(=O)NC4CC4)CC3)CC2)cc1. The third-order valence-corrected chi connectivity index (χ3v) is 6.50. The maximum Gasteiger partial charge on any atom is 0.234 e. The Morgan fingerprint density at radius 3 is 2.10 bits per heavy atom. The molecule has 2 aliphatic heterocycles. The standard InChI is InChI=1S/C23H32N4O3/c28-16-17-1-5-21(6-2-17)27-13-7-18(8-14-27)23(30)25-20-9-11-26(12-10-20)15-22(29)24-19-3-4-19/h1-2,5-6,16,18-20H,3-4,7-15H2,(H,24,29)(H,25,30). The van der Waals surface area contributed by atoms with E-state index in [1.165, 1.54) is 0 Å². The predicted octanol–water partition coefficient (Wildman–Crippen LogP) is 1.57. The van der Waals surface area contributed by atoms with E-state index in [9.17, 15) is 14.4 Å². The Labute approximate surface area is 178 Å². The molecule has 1 aliphatic carbocycles. The number of benzene rings is 1. The van der Waals surface area contributed by atoms with Crippen molar-refractivity contribution in [3.63, 3.8) is 0 Å². The average Bonchev–Trinajstić information content (AvgIpc) is 3.59. The minimum Gasteiger partial charge on any atom is -0.371 e. The minimum absolute atomic E-state index is 0.0675. The van der Waals surface area contributed by atoms with E-state index in [1.54, 1.807) is 0 Å². The summed E-state index contributed by atoms with van der Waals surface area (Å²) >= 11 is 0. The van der Waals surface area contributed by atoms with Gasteiger partial charge in [0, 0.05) is 55.4 Å². The molecule has 7 nitrogen and oxygen atoms in total. The van der Waals surface area contributed by atoms with Crippen molar-refractivity contribution in [3.05, 3.63) is 29.8 Å². The van der Waals surface area contributed by atoms with Gasteiger partial charge in [0.2, 0.25) is 11.8 Å². The number of hydrogen-bond acceptors (Lipinski definition) is 5. The summed E-state index contributed by atoms with van der Waals surface area (Å²) in [5.41, 5.74) is 1.79. The number of anilines is 1. The van der Waals surface area contributed by atoms with Crippen LogP contribution >= 0.6 is 0 Å². The summed E-state index contributed by atoms with van der Waals surface area (Å²) in [6, 6.07) is 8.25. The minimum atomic E-state index is 0.0675. The first-order valence-corrected chi connectivity index (χ1v) is 11.2. The number of amides is 2. The van der Waals surface area contributed by atoms with Crippen LogP contribution in [0, 0.1) is 5.92 Å². The van der Waals surface area contributed by atoms with Gasteiger partial charge < -0.3 is 15.5 Å². The van der Waals surface area contributed by atoms with Crippen molar-refractivity contribution in [3.8, 4) is 0 Å². The van der Waals surface area contributed by atoms with Crippen LogP contribution in [-0.4, -0.2) is 67.8 Å². The number of nitrogens with one attached hydrogen (secondary N) is 2. The van der Waals surface area contributed by atoms with Gasteiger partial charge in [0.1, 0.15) is 6.29 Å². The van der Waals surface area contributed by atoms with Gasteiger partial charge in [-0.15, -0.1) is 0 Å². The smallest absolute Gasteiger partial charge is 0.234 e. The second kappa shape index (κ2) is 9.60. The lowest BCUT2D eigenvalue weighted by Gasteiger charge is -2.35. The van der Waals surface area contributed by atoms with Crippen molar-refractivity contribution in [1.82, 2.24) is 15.5 Å². The van der Waals surface area contributed by atoms with Crippen molar-refractivity contribution < 1.29 is 14.4 Å². The van der Waals surface area contributed by atoms with Crippen LogP contribution in [-0.2, 0) is 9.59 Å². The van der Waals surface area contributed by atoms with E-state index in [1.807, 2.05) is 24.3 Å². The zero-order valence-corrected chi connectivity index (χ0v) is 17.5. The number of piperidine rings is 2. The van der Waals surface area contributed by atoms with Crippen LogP contribution in [0.2, 0.25) is 0 Å². The molecule has 3 aliphatic rings. The highest BCUT2D eigenvalue weighted by atomic mass is 16.2. The second-order valence-corrected chi connectivity index (χ2v) is 8.87. The van der Waals surface area contributed by atoms with E-state index in [4.69, 9.17) is 0 Å². The van der Waals surface area contributed by atoms with Gasteiger partial charge in [-0.05, 0) is 62.8 Å². The van der Waals surface area contributed by atoms with Crippen molar-refractivity contribution in [2.45, 2.75) is 50.6 Å². The first-order valence-electron chi connectivity index (χ1n) is 11.2.